The Morgan fingerprint density at radius 2 is 0.962 bits per heavy atom. The lowest BCUT2D eigenvalue weighted by Gasteiger charge is -2.23. The Balaban J connectivity index is 2.12. The van der Waals surface area contributed by atoms with Crippen LogP contribution in [0.2, 0.25) is 0 Å². The van der Waals surface area contributed by atoms with Crippen LogP contribution in [0.5, 0.6) is 0 Å². The maximum absolute atomic E-state index is 12.6. The van der Waals surface area contributed by atoms with E-state index in [2.05, 4.69) is 11.8 Å². The third-order valence-corrected chi connectivity index (χ3v) is 5.95. The van der Waals surface area contributed by atoms with Crippen LogP contribution in [0.3, 0.4) is 0 Å². The molecular formula is C24H47NO. The van der Waals surface area contributed by atoms with E-state index >= 15 is 0 Å². The number of carbonyl (C=O) groups excluding carboxylic acids is 1. The van der Waals surface area contributed by atoms with Gasteiger partial charge in [-0.15, -0.1) is 0 Å². The highest BCUT2D eigenvalue weighted by molar-refractivity contribution is 5.76. The number of rotatable bonds is 10. The van der Waals surface area contributed by atoms with Gasteiger partial charge in [0.25, 0.3) is 0 Å². The number of amides is 1. The molecule has 1 aliphatic rings. The summed E-state index contributed by atoms with van der Waals surface area (Å²) in [4.78, 5) is 14.8. The molecule has 0 radical (unpaired) electrons. The van der Waals surface area contributed by atoms with Crippen molar-refractivity contribution < 1.29 is 4.79 Å². The van der Waals surface area contributed by atoms with E-state index in [1.807, 2.05) is 0 Å². The summed E-state index contributed by atoms with van der Waals surface area (Å²) in [5, 5.41) is 0. The van der Waals surface area contributed by atoms with Crippen LogP contribution in [0.4, 0.5) is 0 Å². The van der Waals surface area contributed by atoms with Crippen LogP contribution < -0.4 is 0 Å². The van der Waals surface area contributed by atoms with E-state index in [9.17, 15) is 4.79 Å². The molecule has 1 heterocycles. The summed E-state index contributed by atoms with van der Waals surface area (Å²) in [5.74, 6) is 0.433. The van der Waals surface area contributed by atoms with Crippen LogP contribution in [0, 0.1) is 0 Å². The Labute approximate surface area is 164 Å². The van der Waals surface area contributed by atoms with Crippen molar-refractivity contribution in [2.75, 3.05) is 13.1 Å². The zero-order chi connectivity index (χ0) is 18.7. The second-order valence-electron chi connectivity index (χ2n) is 8.49. The van der Waals surface area contributed by atoms with Gasteiger partial charge >= 0.3 is 0 Å². The molecule has 0 N–H and O–H groups in total. The standard InChI is InChI=1S/C24H47NO/c1-2-3-4-5-6-9-12-15-18-21-24(26)25-22-19-16-13-10-7-8-11-14-17-20-23-25/h2-23H2,1H3. The maximum atomic E-state index is 12.6. The lowest BCUT2D eigenvalue weighted by Crippen LogP contribution is -2.32. The van der Waals surface area contributed by atoms with E-state index in [4.69, 9.17) is 0 Å². The van der Waals surface area contributed by atoms with E-state index in [0.717, 1.165) is 25.9 Å². The highest BCUT2D eigenvalue weighted by Crippen LogP contribution is 2.15. The van der Waals surface area contributed by atoms with Crippen LogP contribution in [0.1, 0.15) is 135 Å². The minimum Gasteiger partial charge on any atom is -0.343 e. The first kappa shape index (κ1) is 23.5. The highest BCUT2D eigenvalue weighted by Gasteiger charge is 2.12. The molecule has 2 nitrogen and oxygen atoms in total. The van der Waals surface area contributed by atoms with Gasteiger partial charge in [0.2, 0.25) is 5.91 Å². The second kappa shape index (κ2) is 17.9. The average molecular weight is 366 g/mol. The Bertz CT molecular complexity index is 301. The summed E-state index contributed by atoms with van der Waals surface area (Å²) < 4.78 is 0. The van der Waals surface area contributed by atoms with Crippen molar-refractivity contribution in [1.82, 2.24) is 4.90 Å². The van der Waals surface area contributed by atoms with Crippen molar-refractivity contribution in [1.29, 1.82) is 0 Å². The molecule has 1 saturated heterocycles. The fraction of sp³-hybridized carbons (Fsp3) is 0.958. The smallest absolute Gasteiger partial charge is 0.222 e. The largest absolute Gasteiger partial charge is 0.343 e. The SMILES string of the molecule is CCCCCCCCCCCC(=O)N1CCCCCCCCCCCC1. The van der Waals surface area contributed by atoms with E-state index in [0.29, 0.717) is 5.91 Å². The van der Waals surface area contributed by atoms with Crippen LogP contribution in [-0.4, -0.2) is 23.9 Å². The zero-order valence-electron chi connectivity index (χ0n) is 17.9. The fourth-order valence-electron chi connectivity index (χ4n) is 4.13. The molecule has 0 aromatic carbocycles. The van der Waals surface area contributed by atoms with E-state index < -0.39 is 0 Å². The van der Waals surface area contributed by atoms with Crippen molar-refractivity contribution in [2.24, 2.45) is 0 Å². The molecule has 2 heteroatoms. The maximum Gasteiger partial charge on any atom is 0.222 e. The first-order valence-electron chi connectivity index (χ1n) is 12.1. The topological polar surface area (TPSA) is 20.3 Å². The molecule has 1 fully saturated rings. The predicted octanol–water partition coefficient (Wildman–Crippen LogP) is 7.65. The molecule has 26 heavy (non-hydrogen) atoms. The van der Waals surface area contributed by atoms with Crippen LogP contribution in [-0.2, 0) is 4.79 Å². The van der Waals surface area contributed by atoms with Crippen molar-refractivity contribution in [2.45, 2.75) is 135 Å². The lowest BCUT2D eigenvalue weighted by atomic mass is 10.1. The van der Waals surface area contributed by atoms with Crippen molar-refractivity contribution >= 4 is 5.91 Å². The van der Waals surface area contributed by atoms with Crippen molar-refractivity contribution in [3.05, 3.63) is 0 Å². The third-order valence-electron chi connectivity index (χ3n) is 5.95. The minimum absolute atomic E-state index is 0.433. The third kappa shape index (κ3) is 13.6. The van der Waals surface area contributed by atoms with Gasteiger partial charge in [-0.25, -0.2) is 0 Å². The molecule has 0 unspecified atom stereocenters. The molecule has 0 spiro atoms. The number of hydrogen-bond acceptors (Lipinski definition) is 1. The van der Waals surface area contributed by atoms with Crippen LogP contribution >= 0.6 is 0 Å². The summed E-state index contributed by atoms with van der Waals surface area (Å²) >= 11 is 0. The summed E-state index contributed by atoms with van der Waals surface area (Å²) in [5.41, 5.74) is 0. The Kier molecular flexibility index (Phi) is 16.2. The average Bonchev–Trinajstić information content (AvgIpc) is 2.67. The molecule has 0 aromatic rings. The Hall–Kier alpha value is -0.530. The first-order chi connectivity index (χ1) is 12.8. The van der Waals surface area contributed by atoms with Gasteiger partial charge in [-0.2, -0.15) is 0 Å². The number of nitrogens with zero attached hydrogens (tertiary/aromatic N) is 1. The monoisotopic (exact) mass is 365 g/mol. The number of hydrogen-bond donors (Lipinski definition) is 0. The molecule has 154 valence electrons. The Morgan fingerprint density at radius 1 is 0.577 bits per heavy atom. The van der Waals surface area contributed by atoms with Gasteiger partial charge < -0.3 is 4.90 Å². The van der Waals surface area contributed by atoms with E-state index in [1.54, 1.807) is 0 Å². The van der Waals surface area contributed by atoms with Gasteiger partial charge in [0.15, 0.2) is 0 Å². The summed E-state index contributed by atoms with van der Waals surface area (Å²) in [6.07, 6.45) is 26.1. The van der Waals surface area contributed by atoms with Crippen LogP contribution in [0.15, 0.2) is 0 Å². The van der Waals surface area contributed by atoms with Gasteiger partial charge in [0.05, 0.1) is 0 Å². The predicted molar refractivity (Wildman–Crippen MR) is 115 cm³/mol. The molecular weight excluding hydrogens is 318 g/mol. The number of carbonyl (C=O) groups is 1. The van der Waals surface area contributed by atoms with Gasteiger partial charge in [0.1, 0.15) is 0 Å². The molecule has 0 bridgehead atoms. The molecule has 0 aliphatic carbocycles. The summed E-state index contributed by atoms with van der Waals surface area (Å²) in [6.45, 7) is 4.29. The van der Waals surface area contributed by atoms with Gasteiger partial charge in [-0.1, -0.05) is 110 Å². The molecule has 1 aliphatic heterocycles. The molecule has 0 aromatic heterocycles. The molecule has 1 amide bonds. The molecule has 1 rings (SSSR count). The first-order valence-corrected chi connectivity index (χ1v) is 12.1. The van der Waals surface area contributed by atoms with Gasteiger partial charge in [0, 0.05) is 19.5 Å². The van der Waals surface area contributed by atoms with E-state index in [-0.39, 0.29) is 0 Å². The summed E-state index contributed by atoms with van der Waals surface area (Å²) in [7, 11) is 0. The second-order valence-corrected chi connectivity index (χ2v) is 8.49. The Morgan fingerprint density at radius 3 is 1.42 bits per heavy atom. The normalized spacial score (nSPS) is 18.0. The molecule has 0 atom stereocenters. The van der Waals surface area contributed by atoms with Gasteiger partial charge in [-0.3, -0.25) is 4.79 Å². The molecule has 0 saturated carbocycles. The van der Waals surface area contributed by atoms with Crippen molar-refractivity contribution in [3.8, 4) is 0 Å². The number of unbranched alkanes of at least 4 members (excludes halogenated alkanes) is 8. The lowest BCUT2D eigenvalue weighted by molar-refractivity contribution is -0.131. The zero-order valence-corrected chi connectivity index (χ0v) is 17.9. The summed E-state index contributed by atoms with van der Waals surface area (Å²) in [6, 6.07) is 0. The highest BCUT2D eigenvalue weighted by atomic mass is 16.2. The fourth-order valence-corrected chi connectivity index (χ4v) is 4.13. The van der Waals surface area contributed by atoms with Crippen molar-refractivity contribution in [3.63, 3.8) is 0 Å². The van der Waals surface area contributed by atoms with Gasteiger partial charge in [-0.05, 0) is 19.3 Å². The quantitative estimate of drug-likeness (QED) is 0.364. The minimum atomic E-state index is 0.433. The van der Waals surface area contributed by atoms with E-state index in [1.165, 1.54) is 116 Å². The van der Waals surface area contributed by atoms with Crippen LogP contribution in [0.25, 0.3) is 0 Å².